The van der Waals surface area contributed by atoms with Crippen molar-refractivity contribution in [2.45, 2.75) is 39.5 Å². The summed E-state index contributed by atoms with van der Waals surface area (Å²) in [6.07, 6.45) is 4.56. The van der Waals surface area contributed by atoms with Gasteiger partial charge in [-0.1, -0.05) is 43.2 Å². The number of allylic oxidation sites excluding steroid dienone is 2. The van der Waals surface area contributed by atoms with Gasteiger partial charge in [0, 0.05) is 10.9 Å². The largest absolute Gasteiger partial charge is 0.235 e. The third kappa shape index (κ3) is 3.13. The molecule has 0 bridgehead atoms. The molecular formula is C19H20N2S. The Labute approximate surface area is 136 Å². The minimum Gasteiger partial charge on any atom is -0.235 e. The highest BCUT2D eigenvalue weighted by Gasteiger charge is 2.19. The van der Waals surface area contributed by atoms with Gasteiger partial charge in [0.2, 0.25) is 0 Å². The SMILES string of the molecule is Cc1ccc(-c2csc(/C(C#N)=C3/CCC[C@@H](C)C3)n2)cc1. The van der Waals surface area contributed by atoms with Gasteiger partial charge in [0.05, 0.1) is 11.3 Å². The number of thiazole rings is 1. The Hall–Kier alpha value is -1.92. The predicted octanol–water partition coefficient (Wildman–Crippen LogP) is 5.61. The van der Waals surface area contributed by atoms with Gasteiger partial charge in [-0.25, -0.2) is 4.98 Å². The van der Waals surface area contributed by atoms with E-state index in [4.69, 9.17) is 4.98 Å². The second-order valence-electron chi connectivity index (χ2n) is 6.20. The highest BCUT2D eigenvalue weighted by atomic mass is 32.1. The van der Waals surface area contributed by atoms with E-state index in [0.717, 1.165) is 34.7 Å². The molecule has 1 aliphatic rings. The van der Waals surface area contributed by atoms with E-state index in [0.29, 0.717) is 5.92 Å². The molecule has 0 radical (unpaired) electrons. The van der Waals surface area contributed by atoms with E-state index in [1.54, 1.807) is 11.3 Å². The van der Waals surface area contributed by atoms with Crippen LogP contribution < -0.4 is 0 Å². The number of nitrogens with zero attached hydrogens (tertiary/aromatic N) is 2. The third-order valence-corrected chi connectivity index (χ3v) is 5.16. The lowest BCUT2D eigenvalue weighted by Gasteiger charge is -2.21. The summed E-state index contributed by atoms with van der Waals surface area (Å²) in [5.41, 5.74) is 5.45. The molecule has 1 atom stereocenters. The molecule has 0 N–H and O–H groups in total. The minimum absolute atomic E-state index is 0.684. The van der Waals surface area contributed by atoms with Crippen molar-refractivity contribution >= 4 is 16.9 Å². The fraction of sp³-hybridized carbons (Fsp3) is 0.368. The van der Waals surface area contributed by atoms with Crippen LogP contribution in [0.1, 0.15) is 43.2 Å². The first-order chi connectivity index (χ1) is 10.7. The lowest BCUT2D eigenvalue weighted by molar-refractivity contribution is 0.454. The van der Waals surface area contributed by atoms with E-state index in [1.165, 1.54) is 24.0 Å². The summed E-state index contributed by atoms with van der Waals surface area (Å²) >= 11 is 1.58. The number of aromatic nitrogens is 1. The average Bonchev–Trinajstić information content (AvgIpc) is 2.98. The molecule has 0 spiro atoms. The van der Waals surface area contributed by atoms with Crippen molar-refractivity contribution in [3.63, 3.8) is 0 Å². The lowest BCUT2D eigenvalue weighted by atomic mass is 9.84. The molecule has 2 aromatic rings. The van der Waals surface area contributed by atoms with Crippen LogP contribution in [0.2, 0.25) is 0 Å². The van der Waals surface area contributed by atoms with Gasteiger partial charge in [0.25, 0.3) is 0 Å². The van der Waals surface area contributed by atoms with Crippen molar-refractivity contribution in [2.75, 3.05) is 0 Å². The number of hydrogen-bond acceptors (Lipinski definition) is 3. The molecule has 3 rings (SSSR count). The molecule has 0 amide bonds. The number of rotatable bonds is 2. The second kappa shape index (κ2) is 6.46. The van der Waals surface area contributed by atoms with Gasteiger partial charge in [-0.2, -0.15) is 5.26 Å². The molecule has 1 aliphatic carbocycles. The molecule has 1 aromatic heterocycles. The van der Waals surface area contributed by atoms with E-state index in [9.17, 15) is 5.26 Å². The first-order valence-electron chi connectivity index (χ1n) is 7.82. The smallest absolute Gasteiger partial charge is 0.134 e. The van der Waals surface area contributed by atoms with Crippen LogP contribution in [0.3, 0.4) is 0 Å². The van der Waals surface area contributed by atoms with Crippen LogP contribution >= 0.6 is 11.3 Å². The van der Waals surface area contributed by atoms with E-state index < -0.39 is 0 Å². The highest BCUT2D eigenvalue weighted by Crippen LogP contribution is 2.35. The van der Waals surface area contributed by atoms with Crippen LogP contribution in [0.15, 0.2) is 35.2 Å². The topological polar surface area (TPSA) is 36.7 Å². The molecule has 3 heteroatoms. The van der Waals surface area contributed by atoms with Crippen LogP contribution in [0.25, 0.3) is 16.8 Å². The number of nitriles is 1. The molecule has 0 saturated heterocycles. The maximum Gasteiger partial charge on any atom is 0.134 e. The number of aryl methyl sites for hydroxylation is 1. The zero-order chi connectivity index (χ0) is 15.5. The van der Waals surface area contributed by atoms with E-state index in [-0.39, 0.29) is 0 Å². The van der Waals surface area contributed by atoms with Crippen LogP contribution in [-0.4, -0.2) is 4.98 Å². The molecular weight excluding hydrogens is 288 g/mol. The van der Waals surface area contributed by atoms with Gasteiger partial charge < -0.3 is 0 Å². The number of benzene rings is 1. The normalized spacial score (nSPS) is 20.5. The van der Waals surface area contributed by atoms with Crippen LogP contribution in [0.4, 0.5) is 0 Å². The summed E-state index contributed by atoms with van der Waals surface area (Å²) in [4.78, 5) is 4.72. The van der Waals surface area contributed by atoms with Crippen LogP contribution in [0.5, 0.6) is 0 Å². The zero-order valence-corrected chi connectivity index (χ0v) is 13.9. The van der Waals surface area contributed by atoms with Crippen molar-refractivity contribution in [2.24, 2.45) is 5.92 Å². The molecule has 1 aromatic carbocycles. The van der Waals surface area contributed by atoms with Crippen molar-refractivity contribution in [1.82, 2.24) is 4.98 Å². The third-order valence-electron chi connectivity index (χ3n) is 4.30. The second-order valence-corrected chi connectivity index (χ2v) is 7.05. The molecule has 22 heavy (non-hydrogen) atoms. The highest BCUT2D eigenvalue weighted by molar-refractivity contribution is 7.11. The maximum atomic E-state index is 9.59. The summed E-state index contributed by atoms with van der Waals surface area (Å²) < 4.78 is 0. The molecule has 1 heterocycles. The summed E-state index contributed by atoms with van der Waals surface area (Å²) in [5, 5.41) is 12.5. The van der Waals surface area contributed by atoms with Crippen LogP contribution in [0, 0.1) is 24.2 Å². The summed E-state index contributed by atoms with van der Waals surface area (Å²) in [6.45, 7) is 4.35. The van der Waals surface area contributed by atoms with Gasteiger partial charge in [0.1, 0.15) is 11.1 Å². The van der Waals surface area contributed by atoms with Crippen LogP contribution in [-0.2, 0) is 0 Å². The Morgan fingerprint density at radius 2 is 2.09 bits per heavy atom. The Kier molecular flexibility index (Phi) is 4.40. The zero-order valence-electron chi connectivity index (χ0n) is 13.1. The van der Waals surface area contributed by atoms with Crippen molar-refractivity contribution in [3.05, 3.63) is 45.8 Å². The Balaban J connectivity index is 1.93. The number of hydrogen-bond donors (Lipinski definition) is 0. The Morgan fingerprint density at radius 1 is 1.32 bits per heavy atom. The molecule has 0 unspecified atom stereocenters. The lowest BCUT2D eigenvalue weighted by Crippen LogP contribution is -2.06. The predicted molar refractivity (Wildman–Crippen MR) is 92.5 cm³/mol. The molecule has 2 nitrogen and oxygen atoms in total. The fourth-order valence-corrected chi connectivity index (χ4v) is 3.91. The standard InChI is InChI=1S/C19H20N2S/c1-13-6-8-15(9-7-13)18-12-22-19(21-18)17(11-20)16-5-3-4-14(2)10-16/h6-9,12,14H,3-5,10H2,1-2H3/b17-16-/t14-/m1/s1. The first kappa shape index (κ1) is 15.0. The fourth-order valence-electron chi connectivity index (χ4n) is 3.04. The van der Waals surface area contributed by atoms with E-state index in [2.05, 4.69) is 49.6 Å². The minimum atomic E-state index is 0.684. The quantitative estimate of drug-likeness (QED) is 0.676. The molecule has 1 saturated carbocycles. The van der Waals surface area contributed by atoms with Gasteiger partial charge in [-0.15, -0.1) is 11.3 Å². The van der Waals surface area contributed by atoms with Crippen molar-refractivity contribution < 1.29 is 0 Å². The maximum absolute atomic E-state index is 9.59. The van der Waals surface area contributed by atoms with Gasteiger partial charge in [-0.3, -0.25) is 0 Å². The molecule has 1 fully saturated rings. The Bertz CT molecular complexity index is 732. The van der Waals surface area contributed by atoms with E-state index in [1.807, 2.05) is 0 Å². The summed E-state index contributed by atoms with van der Waals surface area (Å²) in [6, 6.07) is 10.8. The Morgan fingerprint density at radius 3 is 2.77 bits per heavy atom. The van der Waals surface area contributed by atoms with E-state index >= 15 is 0 Å². The molecule has 0 aliphatic heterocycles. The monoisotopic (exact) mass is 308 g/mol. The summed E-state index contributed by atoms with van der Waals surface area (Å²) in [7, 11) is 0. The van der Waals surface area contributed by atoms with Crippen molar-refractivity contribution in [3.8, 4) is 17.3 Å². The molecule has 112 valence electrons. The van der Waals surface area contributed by atoms with Crippen molar-refractivity contribution in [1.29, 1.82) is 5.26 Å². The van der Waals surface area contributed by atoms with Gasteiger partial charge in [0.15, 0.2) is 0 Å². The summed E-state index contributed by atoms with van der Waals surface area (Å²) in [5.74, 6) is 0.684. The van der Waals surface area contributed by atoms with Gasteiger partial charge >= 0.3 is 0 Å². The van der Waals surface area contributed by atoms with Gasteiger partial charge in [-0.05, 0) is 37.7 Å². The average molecular weight is 308 g/mol. The first-order valence-corrected chi connectivity index (χ1v) is 8.70.